The van der Waals surface area contributed by atoms with Crippen molar-refractivity contribution >= 4 is 5.91 Å². The first-order chi connectivity index (χ1) is 7.17. The minimum absolute atomic E-state index is 0.121. The van der Waals surface area contributed by atoms with Crippen molar-refractivity contribution in [2.24, 2.45) is 0 Å². The Labute approximate surface area is 89.0 Å². The lowest BCUT2D eigenvalue weighted by Crippen LogP contribution is -2.24. The standard InChI is InChI=1S/C12H12N2O/c1-3-12(15)14-9(2)11-6-4-5-10(7-11)8-13/h3-7,9H,1H2,2H3,(H,14,15)/t9-/m0/s1. The van der Waals surface area contributed by atoms with E-state index in [0.717, 1.165) is 5.56 Å². The third-order valence-electron chi connectivity index (χ3n) is 2.06. The normalized spacial score (nSPS) is 11.2. The van der Waals surface area contributed by atoms with Gasteiger partial charge in [0, 0.05) is 0 Å². The smallest absolute Gasteiger partial charge is 0.243 e. The van der Waals surface area contributed by atoms with Gasteiger partial charge >= 0.3 is 0 Å². The van der Waals surface area contributed by atoms with E-state index in [-0.39, 0.29) is 11.9 Å². The van der Waals surface area contributed by atoms with Crippen LogP contribution in [0.1, 0.15) is 24.1 Å². The molecule has 0 aromatic heterocycles. The molecule has 0 radical (unpaired) electrons. The Morgan fingerprint density at radius 2 is 2.40 bits per heavy atom. The first kappa shape index (κ1) is 11.0. The van der Waals surface area contributed by atoms with Gasteiger partial charge in [0.1, 0.15) is 0 Å². The van der Waals surface area contributed by atoms with E-state index in [1.165, 1.54) is 6.08 Å². The van der Waals surface area contributed by atoms with E-state index in [0.29, 0.717) is 5.56 Å². The highest BCUT2D eigenvalue weighted by molar-refractivity contribution is 5.87. The van der Waals surface area contributed by atoms with Crippen LogP contribution in [-0.2, 0) is 4.79 Å². The number of nitriles is 1. The summed E-state index contributed by atoms with van der Waals surface area (Å²) in [5, 5.41) is 11.4. The van der Waals surface area contributed by atoms with E-state index < -0.39 is 0 Å². The summed E-state index contributed by atoms with van der Waals surface area (Å²) in [6, 6.07) is 9.09. The molecule has 1 rings (SSSR count). The number of carbonyl (C=O) groups excluding carboxylic acids is 1. The fourth-order valence-electron chi connectivity index (χ4n) is 1.23. The van der Waals surface area contributed by atoms with Gasteiger partial charge in [-0.05, 0) is 30.7 Å². The zero-order chi connectivity index (χ0) is 11.3. The topological polar surface area (TPSA) is 52.9 Å². The van der Waals surface area contributed by atoms with Crippen LogP contribution in [0, 0.1) is 11.3 Å². The first-order valence-electron chi connectivity index (χ1n) is 4.60. The number of benzene rings is 1. The van der Waals surface area contributed by atoms with Crippen LogP contribution in [0.4, 0.5) is 0 Å². The summed E-state index contributed by atoms with van der Waals surface area (Å²) in [6.45, 7) is 5.24. The van der Waals surface area contributed by atoms with Crippen molar-refractivity contribution in [2.45, 2.75) is 13.0 Å². The van der Waals surface area contributed by atoms with Crippen molar-refractivity contribution in [1.29, 1.82) is 5.26 Å². The van der Waals surface area contributed by atoms with Crippen molar-refractivity contribution in [3.05, 3.63) is 48.0 Å². The summed E-state index contributed by atoms with van der Waals surface area (Å²) in [5.74, 6) is -0.218. The molecule has 1 aromatic rings. The Bertz CT molecular complexity index is 418. The number of carbonyl (C=O) groups is 1. The molecule has 1 aromatic carbocycles. The van der Waals surface area contributed by atoms with E-state index in [2.05, 4.69) is 18.0 Å². The van der Waals surface area contributed by atoms with Crippen LogP contribution in [0.2, 0.25) is 0 Å². The highest BCUT2D eigenvalue weighted by Crippen LogP contribution is 2.13. The Balaban J connectivity index is 2.82. The van der Waals surface area contributed by atoms with Crippen molar-refractivity contribution in [2.75, 3.05) is 0 Å². The largest absolute Gasteiger partial charge is 0.346 e. The molecule has 0 bridgehead atoms. The second kappa shape index (κ2) is 4.97. The van der Waals surface area contributed by atoms with Crippen LogP contribution in [0.3, 0.4) is 0 Å². The molecule has 1 N–H and O–H groups in total. The number of hydrogen-bond acceptors (Lipinski definition) is 2. The second-order valence-electron chi connectivity index (χ2n) is 3.17. The number of nitrogens with zero attached hydrogens (tertiary/aromatic N) is 1. The molecule has 15 heavy (non-hydrogen) atoms. The fraction of sp³-hybridized carbons (Fsp3) is 0.167. The lowest BCUT2D eigenvalue weighted by Gasteiger charge is -2.12. The van der Waals surface area contributed by atoms with Crippen LogP contribution < -0.4 is 5.32 Å². The van der Waals surface area contributed by atoms with Gasteiger partial charge in [0.25, 0.3) is 0 Å². The Morgan fingerprint density at radius 3 is 3.00 bits per heavy atom. The van der Waals surface area contributed by atoms with Gasteiger partial charge in [-0.15, -0.1) is 0 Å². The molecule has 3 heteroatoms. The lowest BCUT2D eigenvalue weighted by molar-refractivity contribution is -0.117. The van der Waals surface area contributed by atoms with Gasteiger partial charge in [-0.3, -0.25) is 4.79 Å². The van der Waals surface area contributed by atoms with Crippen LogP contribution in [0.15, 0.2) is 36.9 Å². The number of amides is 1. The monoisotopic (exact) mass is 200 g/mol. The average molecular weight is 200 g/mol. The summed E-state index contributed by atoms with van der Waals surface area (Å²) in [6.07, 6.45) is 1.23. The predicted octanol–water partition coefficient (Wildman–Crippen LogP) is 1.92. The maximum absolute atomic E-state index is 11.1. The maximum Gasteiger partial charge on any atom is 0.243 e. The van der Waals surface area contributed by atoms with Crippen LogP contribution in [-0.4, -0.2) is 5.91 Å². The van der Waals surface area contributed by atoms with E-state index in [1.54, 1.807) is 18.2 Å². The summed E-state index contributed by atoms with van der Waals surface area (Å²) in [4.78, 5) is 11.1. The van der Waals surface area contributed by atoms with Gasteiger partial charge in [-0.2, -0.15) is 5.26 Å². The van der Waals surface area contributed by atoms with Crippen LogP contribution in [0.5, 0.6) is 0 Å². The molecule has 1 atom stereocenters. The van der Waals surface area contributed by atoms with E-state index >= 15 is 0 Å². The Hall–Kier alpha value is -2.08. The minimum atomic E-state index is -0.218. The van der Waals surface area contributed by atoms with E-state index in [4.69, 9.17) is 5.26 Å². The van der Waals surface area contributed by atoms with Gasteiger partial charge in [0.2, 0.25) is 5.91 Å². The zero-order valence-corrected chi connectivity index (χ0v) is 8.53. The molecule has 3 nitrogen and oxygen atoms in total. The first-order valence-corrected chi connectivity index (χ1v) is 4.60. The third kappa shape index (κ3) is 2.96. The molecular formula is C12H12N2O. The van der Waals surface area contributed by atoms with E-state index in [1.807, 2.05) is 13.0 Å². The number of nitrogens with one attached hydrogen (secondary N) is 1. The molecule has 1 amide bonds. The fourth-order valence-corrected chi connectivity index (χ4v) is 1.23. The predicted molar refractivity (Wildman–Crippen MR) is 57.9 cm³/mol. The van der Waals surface area contributed by atoms with Gasteiger partial charge in [-0.25, -0.2) is 0 Å². The van der Waals surface area contributed by atoms with Gasteiger partial charge in [-0.1, -0.05) is 18.7 Å². The van der Waals surface area contributed by atoms with Crippen LogP contribution in [0.25, 0.3) is 0 Å². The summed E-state index contributed by atoms with van der Waals surface area (Å²) < 4.78 is 0. The molecule has 0 saturated heterocycles. The van der Waals surface area contributed by atoms with Crippen molar-refractivity contribution in [3.63, 3.8) is 0 Å². The summed E-state index contributed by atoms with van der Waals surface area (Å²) in [5.41, 5.74) is 1.50. The molecule has 0 aliphatic carbocycles. The van der Waals surface area contributed by atoms with Gasteiger partial charge in [0.05, 0.1) is 17.7 Å². The summed E-state index contributed by atoms with van der Waals surface area (Å²) >= 11 is 0. The molecule has 0 spiro atoms. The van der Waals surface area contributed by atoms with Crippen molar-refractivity contribution < 1.29 is 4.79 Å². The third-order valence-corrected chi connectivity index (χ3v) is 2.06. The maximum atomic E-state index is 11.1. The lowest BCUT2D eigenvalue weighted by atomic mass is 10.1. The molecule has 76 valence electrons. The molecule has 0 aliphatic rings. The Morgan fingerprint density at radius 1 is 1.67 bits per heavy atom. The second-order valence-corrected chi connectivity index (χ2v) is 3.17. The average Bonchev–Trinajstić information content (AvgIpc) is 2.28. The molecule has 0 heterocycles. The highest BCUT2D eigenvalue weighted by atomic mass is 16.1. The van der Waals surface area contributed by atoms with Gasteiger partial charge < -0.3 is 5.32 Å². The SMILES string of the molecule is C=CC(=O)N[C@@H](C)c1cccc(C#N)c1. The van der Waals surface area contributed by atoms with E-state index in [9.17, 15) is 4.79 Å². The number of rotatable bonds is 3. The Kier molecular flexibility index (Phi) is 3.64. The molecule has 0 unspecified atom stereocenters. The molecule has 0 aliphatic heterocycles. The molecule has 0 saturated carbocycles. The van der Waals surface area contributed by atoms with Crippen LogP contribution >= 0.6 is 0 Å². The van der Waals surface area contributed by atoms with Crippen molar-refractivity contribution in [1.82, 2.24) is 5.32 Å². The zero-order valence-electron chi connectivity index (χ0n) is 8.53. The van der Waals surface area contributed by atoms with Gasteiger partial charge in [0.15, 0.2) is 0 Å². The van der Waals surface area contributed by atoms with Crippen molar-refractivity contribution in [3.8, 4) is 6.07 Å². The number of hydrogen-bond donors (Lipinski definition) is 1. The molecular weight excluding hydrogens is 188 g/mol. The summed E-state index contributed by atoms with van der Waals surface area (Å²) in [7, 11) is 0. The molecule has 0 fully saturated rings. The minimum Gasteiger partial charge on any atom is -0.346 e. The highest BCUT2D eigenvalue weighted by Gasteiger charge is 2.07. The quantitative estimate of drug-likeness (QED) is 0.758.